The lowest BCUT2D eigenvalue weighted by molar-refractivity contribution is -0.136. The summed E-state index contributed by atoms with van der Waals surface area (Å²) in [5.41, 5.74) is 1.06. The molecule has 1 unspecified atom stereocenters. The van der Waals surface area contributed by atoms with Crippen molar-refractivity contribution in [3.05, 3.63) is 77.0 Å². The molecule has 4 amide bonds. The molecule has 5 aromatic rings. The molecule has 6 aliphatic rings. The molecule has 0 radical (unpaired) electrons. The van der Waals surface area contributed by atoms with Crippen molar-refractivity contribution < 1.29 is 42.9 Å². The Kier molecular flexibility index (Phi) is 13.5. The number of aromatic hydroxyl groups is 1. The molecule has 6 aliphatic heterocycles. The molecule has 4 N–H and O–H groups in total. The van der Waals surface area contributed by atoms with E-state index in [-0.39, 0.29) is 72.2 Å². The predicted octanol–water partition coefficient (Wildman–Crippen LogP) is 5.57. The van der Waals surface area contributed by atoms with Crippen molar-refractivity contribution in [1.29, 1.82) is 0 Å². The van der Waals surface area contributed by atoms with Gasteiger partial charge in [0, 0.05) is 81.3 Å². The quantitative estimate of drug-likeness (QED) is 0.113. The minimum absolute atomic E-state index is 0.00942. The summed E-state index contributed by atoms with van der Waals surface area (Å²) < 4.78 is 38.7. The lowest BCUT2D eigenvalue weighted by Gasteiger charge is -2.39. The zero-order valence-corrected chi connectivity index (χ0v) is 42.2. The van der Waals surface area contributed by atoms with Crippen LogP contribution in [0.2, 0.25) is 0 Å². The fourth-order valence-corrected chi connectivity index (χ4v) is 12.5. The van der Waals surface area contributed by atoms with Crippen LogP contribution in [0, 0.1) is 17.6 Å². The third-order valence-corrected chi connectivity index (χ3v) is 16.5. The maximum atomic E-state index is 17.1. The normalized spacial score (nSPS) is 24.7. The summed E-state index contributed by atoms with van der Waals surface area (Å²) in [7, 11) is 2.08. The molecule has 19 heteroatoms. The largest absolute Gasteiger partial charge is 0.508 e. The SMILES string of the molecule is CCc1c(F)ccc2cc(O)cc(-c3ncc4c(N5CCC[C@@](C)(O)C5)nc(OC[C@@H]5C[C@@H](NC6CCN(CC7CCN(c8ccc9c(c8)C(=O)N(C8CCC(=O)NC8=O)C9=O)CC7)CC6)CN5C)nc4c3F)c12. The fraction of sp³-hybridized carbons (Fsp3) is 0.509. The Morgan fingerprint density at radius 3 is 2.43 bits per heavy atom. The molecule has 17 nitrogen and oxygen atoms in total. The Morgan fingerprint density at radius 2 is 1.68 bits per heavy atom. The van der Waals surface area contributed by atoms with E-state index in [2.05, 4.69) is 42.3 Å². The highest BCUT2D eigenvalue weighted by Crippen LogP contribution is 2.40. The van der Waals surface area contributed by atoms with Crippen LogP contribution in [0.15, 0.2) is 48.7 Å². The van der Waals surface area contributed by atoms with Gasteiger partial charge in [-0.25, -0.2) is 8.78 Å². The first kappa shape index (κ1) is 49.8. The minimum Gasteiger partial charge on any atom is -0.508 e. The van der Waals surface area contributed by atoms with Crippen molar-refractivity contribution in [2.75, 3.05) is 75.8 Å². The van der Waals surface area contributed by atoms with Crippen LogP contribution >= 0.6 is 0 Å². The second-order valence-electron chi connectivity index (χ2n) is 21.7. The van der Waals surface area contributed by atoms with E-state index in [1.807, 2.05) is 17.9 Å². The molecule has 5 fully saturated rings. The molecule has 0 spiro atoms. The summed E-state index contributed by atoms with van der Waals surface area (Å²) >= 11 is 0. The van der Waals surface area contributed by atoms with Crippen molar-refractivity contribution in [3.8, 4) is 23.0 Å². The number of aliphatic hydroxyl groups is 1. The third kappa shape index (κ3) is 9.63. The molecule has 0 saturated carbocycles. The Morgan fingerprint density at radius 1 is 0.892 bits per heavy atom. The molecule has 0 bridgehead atoms. The number of fused-ring (bicyclic) bond motifs is 3. The van der Waals surface area contributed by atoms with Crippen LogP contribution in [0.1, 0.15) is 97.9 Å². The van der Waals surface area contributed by atoms with Crippen LogP contribution < -0.4 is 25.2 Å². The van der Waals surface area contributed by atoms with Gasteiger partial charge in [-0.15, -0.1) is 0 Å². The highest BCUT2D eigenvalue weighted by molar-refractivity contribution is 6.23. The van der Waals surface area contributed by atoms with Gasteiger partial charge >= 0.3 is 6.01 Å². The number of amides is 4. The number of nitrogens with zero attached hydrogens (tertiary/aromatic N) is 8. The number of aromatic nitrogens is 3. The van der Waals surface area contributed by atoms with Gasteiger partial charge in [0.15, 0.2) is 5.82 Å². The number of anilines is 2. The Bertz CT molecular complexity index is 3050. The van der Waals surface area contributed by atoms with Crippen molar-refractivity contribution >= 4 is 56.8 Å². The molecule has 8 heterocycles. The van der Waals surface area contributed by atoms with Gasteiger partial charge in [0.05, 0.1) is 22.1 Å². The number of phenols is 1. The molecule has 4 atom stereocenters. The molecule has 5 saturated heterocycles. The van der Waals surface area contributed by atoms with Gasteiger partial charge in [-0.3, -0.25) is 39.3 Å². The number of carbonyl (C=O) groups excluding carboxylic acids is 4. The number of ether oxygens (including phenoxy) is 1. The van der Waals surface area contributed by atoms with Crippen LogP contribution in [-0.2, 0) is 16.0 Å². The van der Waals surface area contributed by atoms with Crippen molar-refractivity contribution in [2.45, 2.75) is 108 Å². The van der Waals surface area contributed by atoms with Gasteiger partial charge in [0.25, 0.3) is 11.8 Å². The van der Waals surface area contributed by atoms with Crippen LogP contribution in [0.4, 0.5) is 20.3 Å². The lowest BCUT2D eigenvalue weighted by Crippen LogP contribution is -2.54. The number of aryl methyl sites for hydroxylation is 1. The Hall–Kier alpha value is -6.41. The van der Waals surface area contributed by atoms with E-state index in [0.29, 0.717) is 70.9 Å². The molecule has 3 aromatic carbocycles. The Balaban J connectivity index is 0.698. The number of pyridine rings is 1. The maximum Gasteiger partial charge on any atom is 0.319 e. The summed E-state index contributed by atoms with van der Waals surface area (Å²) in [5, 5.41) is 29.4. The number of imide groups is 2. The number of piperidine rings is 4. The minimum atomic E-state index is -0.986. The summed E-state index contributed by atoms with van der Waals surface area (Å²) in [6, 6.07) is 10.9. The van der Waals surface area contributed by atoms with Gasteiger partial charge in [-0.05, 0) is 144 Å². The van der Waals surface area contributed by atoms with Crippen LogP contribution in [-0.4, -0.2) is 159 Å². The summed E-state index contributed by atoms with van der Waals surface area (Å²) in [6.45, 7) is 10.3. The molecular weight excluding hydrogens is 951 g/mol. The Labute approximate surface area is 428 Å². The summed E-state index contributed by atoms with van der Waals surface area (Å²) in [6.07, 6.45) is 8.36. The zero-order chi connectivity index (χ0) is 51.6. The number of phenolic OH excluding ortho intramolecular Hbond substituents is 1. The first-order valence-electron chi connectivity index (χ1n) is 26.3. The molecule has 0 aliphatic carbocycles. The van der Waals surface area contributed by atoms with Crippen LogP contribution in [0.25, 0.3) is 32.9 Å². The van der Waals surface area contributed by atoms with Crippen molar-refractivity contribution in [1.82, 2.24) is 40.3 Å². The van der Waals surface area contributed by atoms with Crippen LogP contribution in [0.5, 0.6) is 11.8 Å². The van der Waals surface area contributed by atoms with Crippen LogP contribution in [0.3, 0.4) is 0 Å². The first-order chi connectivity index (χ1) is 35.6. The average Bonchev–Trinajstić information content (AvgIpc) is 3.86. The number of likely N-dealkylation sites (N-methyl/N-ethyl adjacent to an activating group) is 1. The van der Waals surface area contributed by atoms with E-state index in [9.17, 15) is 29.4 Å². The zero-order valence-electron chi connectivity index (χ0n) is 42.2. The number of likely N-dealkylation sites (tertiary alicyclic amines) is 2. The summed E-state index contributed by atoms with van der Waals surface area (Å²) in [4.78, 5) is 75.0. The topological polar surface area (TPSA) is 197 Å². The number of halogens is 2. The van der Waals surface area contributed by atoms with Gasteiger partial charge in [-0.2, -0.15) is 9.97 Å². The van der Waals surface area contributed by atoms with E-state index in [4.69, 9.17) is 9.72 Å². The molecular formula is C55H64F2N10O7. The van der Waals surface area contributed by atoms with Gasteiger partial charge < -0.3 is 35.0 Å². The van der Waals surface area contributed by atoms with Crippen molar-refractivity contribution in [2.24, 2.45) is 5.92 Å². The number of β-amino-alcohol motifs (C(OH)–C–C–N with tert-alkyl or cyclic N) is 1. The third-order valence-electron chi connectivity index (χ3n) is 16.5. The number of hydrogen-bond acceptors (Lipinski definition) is 15. The summed E-state index contributed by atoms with van der Waals surface area (Å²) in [5.74, 6) is -2.31. The van der Waals surface area contributed by atoms with Gasteiger partial charge in [0.1, 0.15) is 41.2 Å². The van der Waals surface area contributed by atoms with Crippen molar-refractivity contribution in [3.63, 3.8) is 0 Å². The number of nitrogens with one attached hydrogen (secondary N) is 2. The van der Waals surface area contributed by atoms with E-state index >= 15 is 8.78 Å². The first-order valence-corrected chi connectivity index (χ1v) is 26.3. The lowest BCUT2D eigenvalue weighted by atomic mass is 9.94. The number of hydrogen-bond donors (Lipinski definition) is 4. The van der Waals surface area contributed by atoms with Gasteiger partial charge in [0.2, 0.25) is 11.8 Å². The number of rotatable bonds is 12. The molecule has 2 aromatic heterocycles. The maximum absolute atomic E-state index is 17.1. The highest BCUT2D eigenvalue weighted by atomic mass is 19.1. The van der Waals surface area contributed by atoms with E-state index in [1.165, 1.54) is 24.4 Å². The predicted molar refractivity (Wildman–Crippen MR) is 274 cm³/mol. The second kappa shape index (κ2) is 20.0. The standard InChI is InChI=1S/C55H64F2N10O7/c1-4-38-43(56)9-6-32-22-37(68)25-41(46(32)38)48-47(57)49-42(26-58-48)50(66-17-5-16-55(2,73)30-66)62-54(61-49)74-29-36-23-34(28-63(36)3)59-33-14-18-64(19-15-33)27-31-12-20-65(21-13-31)35-7-8-39-40(24-35)53(72)67(52(39)71)44-10-11-45(69)60-51(44)70/h6-9,22,24-26,31,33-34,36,44,59,68,73H,4-5,10-21,23,27-30H2,1-3H3,(H,60,69,70)/t34-,36+,44?,55-/m1/s1. The van der Waals surface area contributed by atoms with E-state index in [0.717, 1.165) is 82.0 Å². The highest BCUT2D eigenvalue weighted by Gasteiger charge is 2.45. The smallest absolute Gasteiger partial charge is 0.319 e. The average molecular weight is 1020 g/mol. The molecule has 74 heavy (non-hydrogen) atoms. The molecule has 11 rings (SSSR count). The fourth-order valence-electron chi connectivity index (χ4n) is 12.5. The van der Waals surface area contributed by atoms with E-state index in [1.54, 1.807) is 25.1 Å². The monoisotopic (exact) mass is 1010 g/mol. The number of benzene rings is 3. The molecule has 390 valence electrons. The van der Waals surface area contributed by atoms with Gasteiger partial charge in [-0.1, -0.05) is 13.0 Å². The second-order valence-corrected chi connectivity index (χ2v) is 21.7. The van der Waals surface area contributed by atoms with E-state index < -0.39 is 46.9 Å². The number of carbonyl (C=O) groups is 4.